The zero-order valence-corrected chi connectivity index (χ0v) is 11.4. The fourth-order valence-electron chi connectivity index (χ4n) is 1.42. The fraction of sp³-hybridized carbons (Fsp3) is 0. The van der Waals surface area contributed by atoms with E-state index in [0.717, 1.165) is 3.57 Å². The third kappa shape index (κ3) is 2.92. The van der Waals surface area contributed by atoms with Crippen LogP contribution in [0.2, 0.25) is 0 Å². The maximum Gasteiger partial charge on any atom is 0.337 e. The Hall–Kier alpha value is -1.76. The van der Waals surface area contributed by atoms with Crippen LogP contribution in [0.25, 0.3) is 0 Å². The highest BCUT2D eigenvalue weighted by Crippen LogP contribution is 2.25. The molecule has 2 rings (SSSR count). The Morgan fingerprint density at radius 2 is 1.72 bits per heavy atom. The van der Waals surface area contributed by atoms with Gasteiger partial charge in [0.25, 0.3) is 0 Å². The Bertz CT molecular complexity index is 581. The van der Waals surface area contributed by atoms with Crippen LogP contribution in [-0.2, 0) is 0 Å². The number of hydrogen-bond donors (Lipinski definition) is 2. The Kier molecular flexibility index (Phi) is 3.71. The van der Waals surface area contributed by atoms with E-state index >= 15 is 0 Å². The van der Waals surface area contributed by atoms with Gasteiger partial charge in [0.15, 0.2) is 0 Å². The maximum atomic E-state index is 10.9. The highest BCUT2D eigenvalue weighted by atomic mass is 127. The Labute approximate surface area is 118 Å². The molecular formula is C13H10INO3. The molecule has 3 N–H and O–H groups in total. The van der Waals surface area contributed by atoms with E-state index in [2.05, 4.69) is 22.6 Å². The molecule has 0 aliphatic rings. The third-order valence-corrected chi connectivity index (χ3v) is 3.02. The van der Waals surface area contributed by atoms with E-state index in [1.165, 1.54) is 12.1 Å². The number of nitrogens with two attached hydrogens (primary N) is 1. The van der Waals surface area contributed by atoms with Crippen molar-refractivity contribution in [3.63, 3.8) is 0 Å². The molecule has 0 aromatic heterocycles. The molecule has 2 aromatic rings. The second-order valence-corrected chi connectivity index (χ2v) is 4.86. The second kappa shape index (κ2) is 5.26. The normalized spacial score (nSPS) is 10.1. The number of halogens is 1. The van der Waals surface area contributed by atoms with Crippen molar-refractivity contribution >= 4 is 34.2 Å². The molecule has 0 saturated heterocycles. The standard InChI is InChI=1S/C13H10INO3/c14-8-1-3-9(4-2-8)18-10-5-6-12(15)11(7-10)13(16)17/h1-7H,15H2,(H,16,17). The number of hydrogen-bond acceptors (Lipinski definition) is 3. The predicted octanol–water partition coefficient (Wildman–Crippen LogP) is 3.36. The van der Waals surface area contributed by atoms with E-state index in [9.17, 15) is 4.79 Å². The monoisotopic (exact) mass is 355 g/mol. The van der Waals surface area contributed by atoms with E-state index in [4.69, 9.17) is 15.6 Å². The molecule has 0 spiro atoms. The summed E-state index contributed by atoms with van der Waals surface area (Å²) in [6.07, 6.45) is 0. The maximum absolute atomic E-state index is 10.9. The number of benzene rings is 2. The minimum absolute atomic E-state index is 0.0398. The molecule has 0 atom stereocenters. The van der Waals surface area contributed by atoms with Crippen molar-refractivity contribution in [3.05, 3.63) is 51.6 Å². The number of nitrogen functional groups attached to an aromatic ring is 1. The summed E-state index contributed by atoms with van der Waals surface area (Å²) in [5, 5.41) is 8.96. The van der Waals surface area contributed by atoms with Gasteiger partial charge in [0.05, 0.1) is 5.56 Å². The van der Waals surface area contributed by atoms with E-state index in [-0.39, 0.29) is 11.3 Å². The van der Waals surface area contributed by atoms with Crippen LogP contribution in [0.5, 0.6) is 11.5 Å². The van der Waals surface area contributed by atoms with Gasteiger partial charge >= 0.3 is 5.97 Å². The molecule has 0 bridgehead atoms. The summed E-state index contributed by atoms with van der Waals surface area (Å²) in [6.45, 7) is 0. The minimum atomic E-state index is -1.07. The number of carboxylic acid groups (broad SMARTS) is 1. The largest absolute Gasteiger partial charge is 0.478 e. The summed E-state index contributed by atoms with van der Waals surface area (Å²) in [5.41, 5.74) is 5.83. The Morgan fingerprint density at radius 3 is 2.33 bits per heavy atom. The highest BCUT2D eigenvalue weighted by molar-refractivity contribution is 14.1. The lowest BCUT2D eigenvalue weighted by molar-refractivity contribution is 0.0697. The first kappa shape index (κ1) is 12.7. The lowest BCUT2D eigenvalue weighted by atomic mass is 10.2. The molecule has 5 heteroatoms. The van der Waals surface area contributed by atoms with Crippen molar-refractivity contribution in [2.24, 2.45) is 0 Å². The van der Waals surface area contributed by atoms with Gasteiger partial charge in [-0.25, -0.2) is 4.79 Å². The van der Waals surface area contributed by atoms with Gasteiger partial charge in [-0.15, -0.1) is 0 Å². The van der Waals surface area contributed by atoms with Crippen LogP contribution in [0.3, 0.4) is 0 Å². The molecule has 0 heterocycles. The van der Waals surface area contributed by atoms with Gasteiger partial charge in [0.1, 0.15) is 11.5 Å². The summed E-state index contributed by atoms with van der Waals surface area (Å²) in [7, 11) is 0. The number of aromatic carboxylic acids is 1. The van der Waals surface area contributed by atoms with Crippen molar-refractivity contribution in [2.75, 3.05) is 5.73 Å². The van der Waals surface area contributed by atoms with Crippen LogP contribution < -0.4 is 10.5 Å². The van der Waals surface area contributed by atoms with Gasteiger partial charge in [0.2, 0.25) is 0 Å². The number of carboxylic acids is 1. The molecule has 0 aliphatic carbocycles. The van der Waals surface area contributed by atoms with Crippen LogP contribution >= 0.6 is 22.6 Å². The van der Waals surface area contributed by atoms with E-state index in [0.29, 0.717) is 11.5 Å². The molecule has 0 aliphatic heterocycles. The average molecular weight is 355 g/mol. The van der Waals surface area contributed by atoms with Gasteiger partial charge in [-0.3, -0.25) is 0 Å². The lowest BCUT2D eigenvalue weighted by Gasteiger charge is -2.08. The van der Waals surface area contributed by atoms with Gasteiger partial charge in [-0.05, 0) is 65.1 Å². The Morgan fingerprint density at radius 1 is 1.11 bits per heavy atom. The van der Waals surface area contributed by atoms with Crippen molar-refractivity contribution in [1.29, 1.82) is 0 Å². The predicted molar refractivity (Wildman–Crippen MR) is 77.0 cm³/mol. The summed E-state index contributed by atoms with van der Waals surface area (Å²) < 4.78 is 6.66. The minimum Gasteiger partial charge on any atom is -0.478 e. The van der Waals surface area contributed by atoms with E-state index in [1.54, 1.807) is 6.07 Å². The molecule has 0 radical (unpaired) electrons. The molecule has 0 saturated carbocycles. The van der Waals surface area contributed by atoms with E-state index in [1.807, 2.05) is 24.3 Å². The fourth-order valence-corrected chi connectivity index (χ4v) is 1.78. The first-order valence-corrected chi connectivity index (χ1v) is 6.20. The zero-order valence-electron chi connectivity index (χ0n) is 9.26. The van der Waals surface area contributed by atoms with Crippen LogP contribution in [0.1, 0.15) is 10.4 Å². The van der Waals surface area contributed by atoms with Gasteiger partial charge in [-0.1, -0.05) is 0 Å². The van der Waals surface area contributed by atoms with Crippen LogP contribution in [0.15, 0.2) is 42.5 Å². The smallest absolute Gasteiger partial charge is 0.337 e. The SMILES string of the molecule is Nc1ccc(Oc2ccc(I)cc2)cc1C(=O)O. The van der Waals surface area contributed by atoms with Crippen molar-refractivity contribution in [2.45, 2.75) is 0 Å². The first-order valence-electron chi connectivity index (χ1n) is 5.12. The molecule has 0 amide bonds. The average Bonchev–Trinajstić information content (AvgIpc) is 2.34. The van der Waals surface area contributed by atoms with E-state index < -0.39 is 5.97 Å². The van der Waals surface area contributed by atoms with Crippen molar-refractivity contribution < 1.29 is 14.6 Å². The summed E-state index contributed by atoms with van der Waals surface area (Å²) >= 11 is 2.20. The molecule has 92 valence electrons. The number of ether oxygens (including phenoxy) is 1. The third-order valence-electron chi connectivity index (χ3n) is 2.30. The molecular weight excluding hydrogens is 345 g/mol. The van der Waals surface area contributed by atoms with Crippen LogP contribution in [0.4, 0.5) is 5.69 Å². The second-order valence-electron chi connectivity index (χ2n) is 3.61. The molecule has 0 unspecified atom stereocenters. The summed E-state index contributed by atoms with van der Waals surface area (Å²) in [6, 6.07) is 12.0. The first-order chi connectivity index (χ1) is 8.56. The molecule has 0 fully saturated rings. The number of rotatable bonds is 3. The lowest BCUT2D eigenvalue weighted by Crippen LogP contribution is -2.02. The Balaban J connectivity index is 2.27. The molecule has 4 nitrogen and oxygen atoms in total. The van der Waals surface area contributed by atoms with Crippen LogP contribution in [0, 0.1) is 3.57 Å². The topological polar surface area (TPSA) is 72.5 Å². The molecule has 2 aromatic carbocycles. The van der Waals surface area contributed by atoms with Crippen molar-refractivity contribution in [3.8, 4) is 11.5 Å². The number of anilines is 1. The zero-order chi connectivity index (χ0) is 13.1. The van der Waals surface area contributed by atoms with Gasteiger partial charge < -0.3 is 15.6 Å². The van der Waals surface area contributed by atoms with Gasteiger partial charge in [0, 0.05) is 9.26 Å². The summed E-state index contributed by atoms with van der Waals surface area (Å²) in [5.74, 6) is 0.0277. The van der Waals surface area contributed by atoms with Gasteiger partial charge in [-0.2, -0.15) is 0 Å². The quantitative estimate of drug-likeness (QED) is 0.654. The van der Waals surface area contributed by atoms with Crippen molar-refractivity contribution in [1.82, 2.24) is 0 Å². The summed E-state index contributed by atoms with van der Waals surface area (Å²) in [4.78, 5) is 10.9. The van der Waals surface area contributed by atoms with Crippen LogP contribution in [-0.4, -0.2) is 11.1 Å². The molecule has 18 heavy (non-hydrogen) atoms. The number of carbonyl (C=O) groups is 1. The highest BCUT2D eigenvalue weighted by Gasteiger charge is 2.09.